The molecule has 136 valence electrons. The normalized spacial score (nSPS) is 21.4. The van der Waals surface area contributed by atoms with Gasteiger partial charge in [0.25, 0.3) is 0 Å². The van der Waals surface area contributed by atoms with Crippen molar-refractivity contribution in [2.75, 3.05) is 31.1 Å². The van der Waals surface area contributed by atoms with Crippen molar-refractivity contribution in [3.8, 4) is 0 Å². The third-order valence-electron chi connectivity index (χ3n) is 4.87. The Balaban J connectivity index is 0.00000144. The zero-order chi connectivity index (χ0) is 15.4. The Bertz CT molecular complexity index is 515. The molecule has 0 radical (unpaired) electrons. The molecule has 2 fully saturated rings. The van der Waals surface area contributed by atoms with Crippen molar-refractivity contribution in [2.24, 2.45) is 5.92 Å². The smallest absolute Gasteiger partial charge is 0.224 e. The molecule has 1 aromatic carbocycles. The van der Waals surface area contributed by atoms with E-state index in [1.54, 1.807) is 0 Å². The van der Waals surface area contributed by atoms with Crippen molar-refractivity contribution >= 4 is 36.4 Å². The van der Waals surface area contributed by atoms with Crippen molar-refractivity contribution in [1.82, 2.24) is 10.6 Å². The van der Waals surface area contributed by atoms with Crippen molar-refractivity contribution in [3.63, 3.8) is 0 Å². The first kappa shape index (κ1) is 21.1. The number of piperidine rings is 1. The van der Waals surface area contributed by atoms with Crippen LogP contribution in [0.25, 0.3) is 0 Å². The maximum atomic E-state index is 12.4. The van der Waals surface area contributed by atoms with E-state index in [0.717, 1.165) is 39.0 Å². The first-order chi connectivity index (χ1) is 10.7. The Kier molecular flexibility index (Phi) is 8.88. The first-order valence-electron chi connectivity index (χ1n) is 8.60. The monoisotopic (exact) mass is 373 g/mol. The molecular formula is C18H29Cl2N3O. The molecule has 2 atom stereocenters. The van der Waals surface area contributed by atoms with Crippen LogP contribution in [0.15, 0.2) is 24.3 Å². The van der Waals surface area contributed by atoms with E-state index in [2.05, 4.69) is 46.7 Å². The first-order valence-corrected chi connectivity index (χ1v) is 8.60. The van der Waals surface area contributed by atoms with Crippen molar-refractivity contribution < 1.29 is 4.79 Å². The third kappa shape index (κ3) is 5.27. The second-order valence-electron chi connectivity index (χ2n) is 6.56. The fourth-order valence-electron chi connectivity index (χ4n) is 3.46. The summed E-state index contributed by atoms with van der Waals surface area (Å²) in [5.41, 5.74) is 2.48. The summed E-state index contributed by atoms with van der Waals surface area (Å²) < 4.78 is 0. The molecule has 2 N–H and O–H groups in total. The average molecular weight is 374 g/mol. The Hall–Kier alpha value is -0.970. The van der Waals surface area contributed by atoms with Gasteiger partial charge in [-0.15, -0.1) is 24.8 Å². The number of carbonyl (C=O) groups is 1. The summed E-state index contributed by atoms with van der Waals surface area (Å²) in [6.07, 6.45) is 4.66. The fourth-order valence-corrected chi connectivity index (χ4v) is 3.46. The van der Waals surface area contributed by atoms with Crippen LogP contribution >= 0.6 is 24.8 Å². The molecule has 0 spiro atoms. The molecule has 0 aromatic heterocycles. The highest BCUT2D eigenvalue weighted by Gasteiger charge is 2.22. The molecule has 1 aromatic rings. The molecule has 2 aliphatic heterocycles. The van der Waals surface area contributed by atoms with E-state index in [-0.39, 0.29) is 42.7 Å². The highest BCUT2D eigenvalue weighted by atomic mass is 35.5. The zero-order valence-corrected chi connectivity index (χ0v) is 15.9. The lowest BCUT2D eigenvalue weighted by Crippen LogP contribution is -2.41. The number of nitrogens with zero attached hydrogens (tertiary/aromatic N) is 1. The number of anilines is 1. The average Bonchev–Trinajstić information content (AvgIpc) is 3.10. The molecule has 6 heteroatoms. The van der Waals surface area contributed by atoms with Crippen molar-refractivity contribution in [1.29, 1.82) is 0 Å². The molecule has 2 aliphatic rings. The highest BCUT2D eigenvalue weighted by Crippen LogP contribution is 2.24. The van der Waals surface area contributed by atoms with Gasteiger partial charge in [0.05, 0.1) is 12.0 Å². The molecule has 3 rings (SSSR count). The summed E-state index contributed by atoms with van der Waals surface area (Å²) in [7, 11) is 0. The highest BCUT2D eigenvalue weighted by molar-refractivity contribution is 5.85. The minimum absolute atomic E-state index is 0. The largest absolute Gasteiger partial charge is 0.372 e. The third-order valence-corrected chi connectivity index (χ3v) is 4.87. The van der Waals surface area contributed by atoms with E-state index < -0.39 is 0 Å². The fraction of sp³-hybridized carbons (Fsp3) is 0.611. The van der Waals surface area contributed by atoms with E-state index in [9.17, 15) is 4.79 Å². The van der Waals surface area contributed by atoms with Crippen LogP contribution in [0, 0.1) is 5.92 Å². The van der Waals surface area contributed by atoms with Gasteiger partial charge in [-0.3, -0.25) is 4.79 Å². The summed E-state index contributed by atoms with van der Waals surface area (Å²) in [5, 5.41) is 6.49. The summed E-state index contributed by atoms with van der Waals surface area (Å²) >= 11 is 0. The quantitative estimate of drug-likeness (QED) is 0.850. The van der Waals surface area contributed by atoms with Gasteiger partial charge in [0.1, 0.15) is 0 Å². The van der Waals surface area contributed by atoms with Gasteiger partial charge >= 0.3 is 0 Å². The molecule has 1 amide bonds. The number of hydrogen-bond acceptors (Lipinski definition) is 3. The molecule has 0 bridgehead atoms. The molecule has 0 aliphatic carbocycles. The van der Waals surface area contributed by atoms with Crippen LogP contribution < -0.4 is 15.5 Å². The minimum Gasteiger partial charge on any atom is -0.372 e. The van der Waals surface area contributed by atoms with E-state index in [1.165, 1.54) is 24.1 Å². The minimum atomic E-state index is 0. The van der Waals surface area contributed by atoms with Gasteiger partial charge in [-0.2, -0.15) is 0 Å². The summed E-state index contributed by atoms with van der Waals surface area (Å²) in [4.78, 5) is 14.8. The van der Waals surface area contributed by atoms with Gasteiger partial charge in [-0.05, 0) is 56.8 Å². The van der Waals surface area contributed by atoms with Crippen molar-refractivity contribution in [3.05, 3.63) is 29.8 Å². The zero-order valence-electron chi connectivity index (χ0n) is 14.3. The lowest BCUT2D eigenvalue weighted by atomic mass is 9.98. The predicted molar refractivity (Wildman–Crippen MR) is 105 cm³/mol. The van der Waals surface area contributed by atoms with Gasteiger partial charge in [0, 0.05) is 25.3 Å². The van der Waals surface area contributed by atoms with E-state index in [4.69, 9.17) is 0 Å². The number of rotatable bonds is 4. The number of halogens is 2. The Morgan fingerprint density at radius 2 is 2.00 bits per heavy atom. The Labute approximate surface area is 157 Å². The van der Waals surface area contributed by atoms with E-state index >= 15 is 0 Å². The van der Waals surface area contributed by atoms with Crippen LogP contribution in [-0.2, 0) is 4.79 Å². The van der Waals surface area contributed by atoms with Crippen LogP contribution in [0.4, 0.5) is 5.69 Å². The number of amides is 1. The molecule has 0 saturated carbocycles. The molecule has 2 saturated heterocycles. The molecule has 24 heavy (non-hydrogen) atoms. The Morgan fingerprint density at radius 3 is 2.67 bits per heavy atom. The molecular weight excluding hydrogens is 345 g/mol. The number of nitrogens with one attached hydrogen (secondary N) is 2. The lowest BCUT2D eigenvalue weighted by molar-refractivity contribution is -0.126. The van der Waals surface area contributed by atoms with Gasteiger partial charge in [0.15, 0.2) is 0 Å². The number of benzene rings is 1. The van der Waals surface area contributed by atoms with Crippen LogP contribution in [-0.4, -0.2) is 32.1 Å². The van der Waals surface area contributed by atoms with Gasteiger partial charge in [-0.1, -0.05) is 12.1 Å². The summed E-state index contributed by atoms with van der Waals surface area (Å²) in [6.45, 7) is 6.23. The van der Waals surface area contributed by atoms with Crippen LogP contribution in [0.5, 0.6) is 0 Å². The maximum absolute atomic E-state index is 12.4. The summed E-state index contributed by atoms with van der Waals surface area (Å²) in [5.74, 6) is 0.309. The standard InChI is InChI=1S/C18H27N3O.2ClH/c1-14(20-18(22)16-7-5-9-19-13-16)15-6-4-8-17(12-15)21-10-2-3-11-21;;/h4,6,8,12,14,16,19H,2-3,5,7,9-11,13H2,1H3,(H,20,22);2*1H. The Morgan fingerprint density at radius 1 is 1.25 bits per heavy atom. The van der Waals surface area contributed by atoms with Crippen molar-refractivity contribution in [2.45, 2.75) is 38.6 Å². The van der Waals surface area contributed by atoms with Gasteiger partial charge in [0.2, 0.25) is 5.91 Å². The second-order valence-corrected chi connectivity index (χ2v) is 6.56. The molecule has 4 nitrogen and oxygen atoms in total. The predicted octanol–water partition coefficient (Wildman–Crippen LogP) is 3.31. The van der Waals surface area contributed by atoms with E-state index in [0.29, 0.717) is 0 Å². The topological polar surface area (TPSA) is 44.4 Å². The number of hydrogen-bond donors (Lipinski definition) is 2. The van der Waals surface area contributed by atoms with Gasteiger partial charge in [-0.25, -0.2) is 0 Å². The van der Waals surface area contributed by atoms with Gasteiger partial charge < -0.3 is 15.5 Å². The van der Waals surface area contributed by atoms with E-state index in [1.807, 2.05) is 0 Å². The maximum Gasteiger partial charge on any atom is 0.224 e. The SMILES string of the molecule is CC(NC(=O)C1CCCNC1)c1cccc(N2CCCC2)c1.Cl.Cl. The lowest BCUT2D eigenvalue weighted by Gasteiger charge is -2.25. The molecule has 2 heterocycles. The van der Waals surface area contributed by atoms with Crippen LogP contribution in [0.2, 0.25) is 0 Å². The number of carbonyl (C=O) groups excluding carboxylic acids is 1. The van der Waals surface area contributed by atoms with Crippen LogP contribution in [0.1, 0.15) is 44.2 Å². The molecule has 2 unspecified atom stereocenters. The van der Waals surface area contributed by atoms with Crippen LogP contribution in [0.3, 0.4) is 0 Å². The second kappa shape index (κ2) is 10.1. The summed E-state index contributed by atoms with van der Waals surface area (Å²) in [6, 6.07) is 8.69.